The lowest BCUT2D eigenvalue weighted by atomic mass is 10.1. The van der Waals surface area contributed by atoms with Crippen molar-refractivity contribution in [3.05, 3.63) is 30.1 Å². The summed E-state index contributed by atoms with van der Waals surface area (Å²) in [5.74, 6) is 0. The lowest BCUT2D eigenvalue weighted by molar-refractivity contribution is 0.981. The molecule has 3 nitrogen and oxygen atoms in total. The van der Waals surface area contributed by atoms with Crippen LogP contribution in [0, 0.1) is 6.92 Å². The molecule has 0 unspecified atom stereocenters. The summed E-state index contributed by atoms with van der Waals surface area (Å²) in [6.07, 6.45) is 2.95. The Morgan fingerprint density at radius 2 is 2.12 bits per heavy atom. The molecule has 0 aliphatic rings. The Balaban J connectivity index is 2.56. The van der Waals surface area contributed by atoms with Crippen molar-refractivity contribution in [2.75, 3.05) is 17.6 Å². The lowest BCUT2D eigenvalue weighted by Crippen LogP contribution is -2.01. The highest BCUT2D eigenvalue weighted by Gasteiger charge is 2.04. The molecule has 0 bridgehead atoms. The monoisotopic (exact) mass is 215 g/mol. The van der Waals surface area contributed by atoms with Crippen molar-refractivity contribution >= 4 is 22.1 Å². The minimum atomic E-state index is 0.782. The molecule has 1 aromatic carbocycles. The number of anilines is 2. The Kier molecular flexibility index (Phi) is 2.95. The van der Waals surface area contributed by atoms with Gasteiger partial charge in [0.2, 0.25) is 0 Å². The van der Waals surface area contributed by atoms with Crippen LogP contribution in [0.3, 0.4) is 0 Å². The first-order valence-corrected chi connectivity index (χ1v) is 5.61. The zero-order chi connectivity index (χ0) is 11.5. The topological polar surface area (TPSA) is 50.9 Å². The van der Waals surface area contributed by atoms with E-state index >= 15 is 0 Å². The highest BCUT2D eigenvalue weighted by Crippen LogP contribution is 2.28. The molecule has 2 rings (SSSR count). The maximum atomic E-state index is 5.94. The number of nitrogens with one attached hydrogen (secondary N) is 1. The van der Waals surface area contributed by atoms with Crippen molar-refractivity contribution in [1.82, 2.24) is 4.98 Å². The molecule has 16 heavy (non-hydrogen) atoms. The van der Waals surface area contributed by atoms with E-state index in [0.29, 0.717) is 0 Å². The highest BCUT2D eigenvalue weighted by molar-refractivity contribution is 6.00. The zero-order valence-electron chi connectivity index (χ0n) is 9.75. The van der Waals surface area contributed by atoms with E-state index in [1.165, 1.54) is 0 Å². The summed E-state index contributed by atoms with van der Waals surface area (Å²) in [5.41, 5.74) is 8.87. The van der Waals surface area contributed by atoms with E-state index in [4.69, 9.17) is 5.73 Å². The van der Waals surface area contributed by atoms with Crippen molar-refractivity contribution in [1.29, 1.82) is 0 Å². The SMILES string of the molecule is CCCNc1ccc(N)c2cnc(C)cc12. The van der Waals surface area contributed by atoms with E-state index in [1.54, 1.807) is 0 Å². The molecule has 1 aromatic heterocycles. The van der Waals surface area contributed by atoms with Crippen LogP contribution in [0.25, 0.3) is 10.8 Å². The number of nitrogens with two attached hydrogens (primary N) is 1. The summed E-state index contributed by atoms with van der Waals surface area (Å²) in [7, 11) is 0. The van der Waals surface area contributed by atoms with E-state index in [1.807, 2.05) is 25.3 Å². The Labute approximate surface area is 95.7 Å². The van der Waals surface area contributed by atoms with Crippen LogP contribution in [0.2, 0.25) is 0 Å². The fraction of sp³-hybridized carbons (Fsp3) is 0.308. The third kappa shape index (κ3) is 1.94. The summed E-state index contributed by atoms with van der Waals surface area (Å²) < 4.78 is 0. The van der Waals surface area contributed by atoms with E-state index in [9.17, 15) is 0 Å². The number of rotatable bonds is 3. The first kappa shape index (κ1) is 10.7. The number of aryl methyl sites for hydroxylation is 1. The average Bonchev–Trinajstić information content (AvgIpc) is 2.28. The van der Waals surface area contributed by atoms with E-state index in [0.717, 1.165) is 40.8 Å². The van der Waals surface area contributed by atoms with Gasteiger partial charge in [-0.1, -0.05) is 6.92 Å². The van der Waals surface area contributed by atoms with Gasteiger partial charge in [0.15, 0.2) is 0 Å². The molecule has 0 radical (unpaired) electrons. The minimum Gasteiger partial charge on any atom is -0.398 e. The zero-order valence-corrected chi connectivity index (χ0v) is 9.75. The van der Waals surface area contributed by atoms with Crippen molar-refractivity contribution in [3.63, 3.8) is 0 Å². The molecule has 0 saturated carbocycles. The number of fused-ring (bicyclic) bond motifs is 1. The van der Waals surface area contributed by atoms with Crippen LogP contribution in [0.1, 0.15) is 19.0 Å². The number of hydrogen-bond donors (Lipinski definition) is 2. The highest BCUT2D eigenvalue weighted by atomic mass is 14.9. The number of nitrogen functional groups attached to an aromatic ring is 1. The summed E-state index contributed by atoms with van der Waals surface area (Å²) in [5, 5.41) is 5.58. The van der Waals surface area contributed by atoms with Crippen LogP contribution in [0.15, 0.2) is 24.4 Å². The third-order valence-electron chi connectivity index (χ3n) is 2.64. The van der Waals surface area contributed by atoms with Crippen LogP contribution in [0.4, 0.5) is 11.4 Å². The summed E-state index contributed by atoms with van der Waals surface area (Å²) >= 11 is 0. The number of pyridine rings is 1. The van der Waals surface area contributed by atoms with Gasteiger partial charge in [0.1, 0.15) is 0 Å². The van der Waals surface area contributed by atoms with Gasteiger partial charge in [0.05, 0.1) is 0 Å². The molecule has 0 amide bonds. The third-order valence-corrected chi connectivity index (χ3v) is 2.64. The van der Waals surface area contributed by atoms with E-state index in [2.05, 4.69) is 23.3 Å². The van der Waals surface area contributed by atoms with Gasteiger partial charge in [-0.3, -0.25) is 4.98 Å². The molecule has 1 heterocycles. The summed E-state index contributed by atoms with van der Waals surface area (Å²) in [6.45, 7) is 5.12. The molecule has 0 fully saturated rings. The Hall–Kier alpha value is -1.77. The quantitative estimate of drug-likeness (QED) is 0.774. The largest absolute Gasteiger partial charge is 0.398 e. The number of aromatic nitrogens is 1. The molecule has 3 heteroatoms. The molecule has 0 aliphatic carbocycles. The maximum absolute atomic E-state index is 5.94. The number of benzene rings is 1. The van der Waals surface area contributed by atoms with Gasteiger partial charge in [-0.25, -0.2) is 0 Å². The Morgan fingerprint density at radius 3 is 2.88 bits per heavy atom. The van der Waals surface area contributed by atoms with Gasteiger partial charge in [0, 0.05) is 40.6 Å². The fourth-order valence-electron chi connectivity index (χ4n) is 1.78. The van der Waals surface area contributed by atoms with E-state index in [-0.39, 0.29) is 0 Å². The Morgan fingerprint density at radius 1 is 1.31 bits per heavy atom. The number of hydrogen-bond acceptors (Lipinski definition) is 3. The molecule has 0 spiro atoms. The standard InChI is InChI=1S/C13H17N3/c1-3-6-15-13-5-4-12(14)11-8-16-9(2)7-10(11)13/h4-5,7-8,15H,3,6,14H2,1-2H3. The molecule has 0 atom stereocenters. The second-order valence-corrected chi connectivity index (χ2v) is 4.00. The van der Waals surface area contributed by atoms with Crippen LogP contribution in [0.5, 0.6) is 0 Å². The van der Waals surface area contributed by atoms with Gasteiger partial charge < -0.3 is 11.1 Å². The summed E-state index contributed by atoms with van der Waals surface area (Å²) in [4.78, 5) is 4.28. The molecule has 2 aromatic rings. The molecule has 0 aliphatic heterocycles. The number of nitrogens with zero attached hydrogens (tertiary/aromatic N) is 1. The lowest BCUT2D eigenvalue weighted by Gasteiger charge is -2.10. The molecule has 3 N–H and O–H groups in total. The van der Waals surface area contributed by atoms with Gasteiger partial charge in [-0.05, 0) is 31.5 Å². The van der Waals surface area contributed by atoms with Crippen molar-refractivity contribution in [3.8, 4) is 0 Å². The second-order valence-electron chi connectivity index (χ2n) is 4.00. The maximum Gasteiger partial charge on any atom is 0.0422 e. The van der Waals surface area contributed by atoms with Gasteiger partial charge in [0.25, 0.3) is 0 Å². The minimum absolute atomic E-state index is 0.782. The van der Waals surface area contributed by atoms with Crippen molar-refractivity contribution in [2.24, 2.45) is 0 Å². The molecule has 84 valence electrons. The molecular weight excluding hydrogens is 198 g/mol. The first-order chi connectivity index (χ1) is 7.72. The van der Waals surface area contributed by atoms with Crippen LogP contribution in [-0.2, 0) is 0 Å². The van der Waals surface area contributed by atoms with Gasteiger partial charge in [-0.2, -0.15) is 0 Å². The van der Waals surface area contributed by atoms with E-state index < -0.39 is 0 Å². The van der Waals surface area contributed by atoms with Crippen molar-refractivity contribution in [2.45, 2.75) is 20.3 Å². The van der Waals surface area contributed by atoms with Crippen molar-refractivity contribution < 1.29 is 0 Å². The average molecular weight is 215 g/mol. The normalized spacial score (nSPS) is 10.6. The second kappa shape index (κ2) is 4.39. The Bertz CT molecular complexity index is 506. The van der Waals surface area contributed by atoms with Gasteiger partial charge >= 0.3 is 0 Å². The molecular formula is C13H17N3. The van der Waals surface area contributed by atoms with Crippen LogP contribution < -0.4 is 11.1 Å². The predicted octanol–water partition coefficient (Wildman–Crippen LogP) is 2.95. The fourth-order valence-corrected chi connectivity index (χ4v) is 1.78. The van der Waals surface area contributed by atoms with Crippen LogP contribution >= 0.6 is 0 Å². The summed E-state index contributed by atoms with van der Waals surface area (Å²) in [6, 6.07) is 6.04. The van der Waals surface area contributed by atoms with Crippen LogP contribution in [-0.4, -0.2) is 11.5 Å². The van der Waals surface area contributed by atoms with Gasteiger partial charge in [-0.15, -0.1) is 0 Å². The smallest absolute Gasteiger partial charge is 0.0422 e. The predicted molar refractivity (Wildman–Crippen MR) is 69.7 cm³/mol. The molecule has 0 saturated heterocycles. The first-order valence-electron chi connectivity index (χ1n) is 5.61.